The Labute approximate surface area is 575 Å². The summed E-state index contributed by atoms with van der Waals surface area (Å²) in [6.45, 7) is 9.52. The van der Waals surface area contributed by atoms with Crippen molar-refractivity contribution in [2.75, 3.05) is 9.80 Å². The number of benzene rings is 15. The summed E-state index contributed by atoms with van der Waals surface area (Å²) in [6, 6.07) is 125. The van der Waals surface area contributed by atoms with E-state index in [-0.39, 0.29) is 10.8 Å². The molecule has 0 aliphatic heterocycles. The Balaban J connectivity index is 0.560. The van der Waals surface area contributed by atoms with Gasteiger partial charge in [-0.1, -0.05) is 331 Å². The second-order valence-corrected chi connectivity index (χ2v) is 27.3. The van der Waals surface area contributed by atoms with Crippen LogP contribution in [0.1, 0.15) is 72.2 Å². The molecule has 0 N–H and O–H groups in total. The van der Waals surface area contributed by atoms with Gasteiger partial charge in [0.15, 0.2) is 0 Å². The molecular formula is C96H72N2. The molecule has 17 rings (SSSR count). The van der Waals surface area contributed by atoms with Crippen LogP contribution in [0, 0.1) is 0 Å². The first-order valence-corrected chi connectivity index (χ1v) is 34.2. The largest absolute Gasteiger partial charge is 0.310 e. The van der Waals surface area contributed by atoms with Crippen molar-refractivity contribution in [3.63, 3.8) is 0 Å². The Hall–Kier alpha value is -12.1. The summed E-state index contributed by atoms with van der Waals surface area (Å²) in [7, 11) is 0. The lowest BCUT2D eigenvalue weighted by Crippen LogP contribution is -2.17. The predicted molar refractivity (Wildman–Crippen MR) is 418 cm³/mol. The van der Waals surface area contributed by atoms with Crippen molar-refractivity contribution in [2.24, 2.45) is 0 Å². The number of rotatable bonds is 14. The summed E-state index contributed by atoms with van der Waals surface area (Å²) in [4.78, 5) is 4.86. The molecular weight excluding hydrogens is 1180 g/mol. The van der Waals surface area contributed by atoms with Gasteiger partial charge in [-0.2, -0.15) is 0 Å². The van der Waals surface area contributed by atoms with Gasteiger partial charge in [0.1, 0.15) is 0 Å². The standard InChI is InChI=1S/C96H72N2/c1-95(2)89-61-67(37-57-85(89)87-59-55-81(63-91(87)95)97(93-27-15-23-77-21-11-13-25-83(77)93)79-51-47-75(48-52-79)69-17-7-5-8-18-69)31-29-65-33-39-71(40-34-65)73-43-45-74(46-44-73)72-41-35-66(36-42-72)30-32-68-38-58-86-88-60-56-82(64-92(88)96(3,4)90(86)62-68)98(94-28-16-24-78-22-12-14-26-84(78)94)80-53-49-76(50-54-80)70-19-9-6-10-20-70/h5-64H,1-4H3. The van der Waals surface area contributed by atoms with Gasteiger partial charge in [0.2, 0.25) is 0 Å². The zero-order chi connectivity index (χ0) is 65.9. The molecule has 0 saturated carbocycles. The van der Waals surface area contributed by atoms with Crippen LogP contribution in [0.4, 0.5) is 34.1 Å². The molecule has 0 fully saturated rings. The third kappa shape index (κ3) is 10.9. The molecule has 2 nitrogen and oxygen atoms in total. The highest BCUT2D eigenvalue weighted by molar-refractivity contribution is 6.01. The second-order valence-electron chi connectivity index (χ2n) is 27.3. The van der Waals surface area contributed by atoms with E-state index in [4.69, 9.17) is 0 Å². The first-order valence-electron chi connectivity index (χ1n) is 34.2. The molecule has 2 aliphatic rings. The van der Waals surface area contributed by atoms with Gasteiger partial charge < -0.3 is 9.80 Å². The van der Waals surface area contributed by atoms with Crippen LogP contribution in [0.15, 0.2) is 340 Å². The molecule has 98 heavy (non-hydrogen) atoms. The fourth-order valence-corrected chi connectivity index (χ4v) is 15.3. The topological polar surface area (TPSA) is 6.48 Å². The van der Waals surface area contributed by atoms with Crippen LogP contribution >= 0.6 is 0 Å². The van der Waals surface area contributed by atoms with E-state index >= 15 is 0 Å². The fraction of sp³-hybridized carbons (Fsp3) is 0.0625. The molecule has 0 bridgehead atoms. The Morgan fingerprint density at radius 1 is 0.214 bits per heavy atom. The number of hydrogen-bond donors (Lipinski definition) is 0. The SMILES string of the molecule is CC1(C)c2cc(C=Cc3ccc(-c4ccc(-c5ccc(C=Cc6ccc7c(c6)C(C)(C)c6cc(N(c8ccc(-c9ccccc9)cc8)c8cccc9ccccc89)ccc6-7)cc5)cc4)cc3)ccc2-c2ccc(N(c3ccc(-c4ccccc4)cc3)c3cccc4ccccc34)cc21. The van der Waals surface area contributed by atoms with Crippen LogP contribution in [-0.2, 0) is 10.8 Å². The van der Waals surface area contributed by atoms with E-state index in [0.717, 1.165) is 34.1 Å². The smallest absolute Gasteiger partial charge is 0.0540 e. The van der Waals surface area contributed by atoms with Crippen LogP contribution in [0.3, 0.4) is 0 Å². The molecule has 15 aromatic carbocycles. The zero-order valence-electron chi connectivity index (χ0n) is 55.5. The Morgan fingerprint density at radius 2 is 0.480 bits per heavy atom. The minimum absolute atomic E-state index is 0.209. The van der Waals surface area contributed by atoms with Gasteiger partial charge in [-0.15, -0.1) is 0 Å². The van der Waals surface area contributed by atoms with Crippen LogP contribution in [-0.4, -0.2) is 0 Å². The Bertz CT molecular complexity index is 5200. The Kier molecular flexibility index (Phi) is 15.0. The highest BCUT2D eigenvalue weighted by Gasteiger charge is 2.38. The molecule has 0 radical (unpaired) electrons. The van der Waals surface area contributed by atoms with Gasteiger partial charge in [0.05, 0.1) is 11.4 Å². The van der Waals surface area contributed by atoms with Crippen molar-refractivity contribution >= 4 is 80.0 Å². The van der Waals surface area contributed by atoms with E-state index in [2.05, 4.69) is 402 Å². The molecule has 2 heteroatoms. The third-order valence-electron chi connectivity index (χ3n) is 20.7. The van der Waals surface area contributed by atoms with Crippen LogP contribution < -0.4 is 9.80 Å². The van der Waals surface area contributed by atoms with E-state index < -0.39 is 0 Å². The first-order chi connectivity index (χ1) is 48.1. The number of anilines is 6. The normalized spacial score (nSPS) is 13.2. The maximum Gasteiger partial charge on any atom is 0.0540 e. The van der Waals surface area contributed by atoms with E-state index in [1.807, 2.05) is 0 Å². The average Bonchev–Trinajstić information content (AvgIpc) is 1.57. The third-order valence-corrected chi connectivity index (χ3v) is 20.7. The monoisotopic (exact) mass is 1250 g/mol. The van der Waals surface area contributed by atoms with Crippen molar-refractivity contribution in [3.8, 4) is 66.8 Å². The van der Waals surface area contributed by atoms with E-state index in [9.17, 15) is 0 Å². The second kappa shape index (κ2) is 24.6. The maximum absolute atomic E-state index is 2.43. The predicted octanol–water partition coefficient (Wildman–Crippen LogP) is 26.6. The summed E-state index contributed by atoms with van der Waals surface area (Å²) in [5, 5.41) is 4.88. The van der Waals surface area contributed by atoms with Crippen molar-refractivity contribution in [1.29, 1.82) is 0 Å². The molecule has 0 saturated heterocycles. The summed E-state index contributed by atoms with van der Waals surface area (Å²) < 4.78 is 0. The number of hydrogen-bond acceptors (Lipinski definition) is 2. The van der Waals surface area contributed by atoms with Gasteiger partial charge in [0.25, 0.3) is 0 Å². The molecule has 2 aliphatic carbocycles. The van der Waals surface area contributed by atoms with Crippen molar-refractivity contribution in [3.05, 3.63) is 384 Å². The van der Waals surface area contributed by atoms with Crippen LogP contribution in [0.5, 0.6) is 0 Å². The summed E-state index contributed by atoms with van der Waals surface area (Å²) >= 11 is 0. The number of nitrogens with zero attached hydrogens (tertiary/aromatic N) is 2. The summed E-state index contributed by atoms with van der Waals surface area (Å²) in [6.07, 6.45) is 8.99. The van der Waals surface area contributed by atoms with Crippen LogP contribution in [0.25, 0.3) is 113 Å². The lowest BCUT2D eigenvalue weighted by atomic mass is 9.81. The first kappa shape index (κ1) is 59.6. The zero-order valence-corrected chi connectivity index (χ0v) is 55.5. The summed E-state index contributed by atoms with van der Waals surface area (Å²) in [5.41, 5.74) is 31.4. The van der Waals surface area contributed by atoms with Crippen LogP contribution in [0.2, 0.25) is 0 Å². The quantitative estimate of drug-likeness (QED) is 0.100. The van der Waals surface area contributed by atoms with Crippen molar-refractivity contribution in [2.45, 2.75) is 38.5 Å². The highest BCUT2D eigenvalue weighted by atomic mass is 15.1. The molecule has 15 aromatic rings. The highest BCUT2D eigenvalue weighted by Crippen LogP contribution is 2.54. The molecule has 0 atom stereocenters. The molecule has 0 unspecified atom stereocenters. The molecule has 0 spiro atoms. The minimum atomic E-state index is -0.209. The lowest BCUT2D eigenvalue weighted by molar-refractivity contribution is 0.660. The van der Waals surface area contributed by atoms with Crippen molar-refractivity contribution < 1.29 is 0 Å². The molecule has 0 heterocycles. The fourth-order valence-electron chi connectivity index (χ4n) is 15.3. The molecule has 0 aromatic heterocycles. The average molecular weight is 1250 g/mol. The van der Waals surface area contributed by atoms with Gasteiger partial charge in [-0.25, -0.2) is 0 Å². The molecule has 466 valence electrons. The van der Waals surface area contributed by atoms with E-state index in [0.29, 0.717) is 0 Å². The van der Waals surface area contributed by atoms with Gasteiger partial charge in [-0.05, 0) is 183 Å². The summed E-state index contributed by atoms with van der Waals surface area (Å²) in [5.74, 6) is 0. The maximum atomic E-state index is 2.43. The molecule has 0 amide bonds. The van der Waals surface area contributed by atoms with Crippen molar-refractivity contribution in [1.82, 2.24) is 0 Å². The van der Waals surface area contributed by atoms with E-state index in [1.165, 1.54) is 133 Å². The van der Waals surface area contributed by atoms with Gasteiger partial charge in [0, 0.05) is 44.4 Å². The number of fused-ring (bicyclic) bond motifs is 8. The van der Waals surface area contributed by atoms with E-state index in [1.54, 1.807) is 0 Å². The van der Waals surface area contributed by atoms with Gasteiger partial charge >= 0.3 is 0 Å². The minimum Gasteiger partial charge on any atom is -0.310 e. The Morgan fingerprint density at radius 3 is 0.857 bits per heavy atom. The lowest BCUT2D eigenvalue weighted by Gasteiger charge is -2.29. The van der Waals surface area contributed by atoms with Gasteiger partial charge in [-0.3, -0.25) is 0 Å².